The molecular formula is C15H19F3N6O2. The lowest BCUT2D eigenvalue weighted by Gasteiger charge is -2.31. The highest BCUT2D eigenvalue weighted by molar-refractivity contribution is 5.93. The lowest BCUT2D eigenvalue weighted by molar-refractivity contribution is -0.189. The number of hydrogen-bond donors (Lipinski definition) is 2. The number of pyridine rings is 1. The van der Waals surface area contributed by atoms with Gasteiger partial charge in [0.1, 0.15) is 11.4 Å². The fourth-order valence-electron chi connectivity index (χ4n) is 2.53. The number of alkyl halides is 3. The van der Waals surface area contributed by atoms with Crippen molar-refractivity contribution in [1.29, 1.82) is 0 Å². The summed E-state index contributed by atoms with van der Waals surface area (Å²) in [5.41, 5.74) is 4.66. The van der Waals surface area contributed by atoms with Crippen LogP contribution in [-0.4, -0.2) is 43.8 Å². The number of nitrogens with zero attached hydrogens (tertiary/aromatic N) is 4. The monoisotopic (exact) mass is 372 g/mol. The molecule has 26 heavy (non-hydrogen) atoms. The number of nitrogens with one attached hydrogen (secondary N) is 1. The number of rotatable bonds is 5. The summed E-state index contributed by atoms with van der Waals surface area (Å²) >= 11 is 0. The minimum absolute atomic E-state index is 0.0880. The maximum absolute atomic E-state index is 13.0. The van der Waals surface area contributed by atoms with Crippen LogP contribution in [0.1, 0.15) is 55.5 Å². The summed E-state index contributed by atoms with van der Waals surface area (Å²) in [4.78, 5) is 15.8. The van der Waals surface area contributed by atoms with Gasteiger partial charge in [0.2, 0.25) is 0 Å². The minimum Gasteiger partial charge on any atom is -0.481 e. The number of nitrogens with two attached hydrogens (primary N) is 1. The van der Waals surface area contributed by atoms with E-state index in [0.29, 0.717) is 0 Å². The normalized spacial score (nSPS) is 14.7. The zero-order valence-corrected chi connectivity index (χ0v) is 14.6. The lowest BCUT2D eigenvalue weighted by Crippen LogP contribution is -2.33. The van der Waals surface area contributed by atoms with Crippen molar-refractivity contribution in [1.82, 2.24) is 25.6 Å². The highest BCUT2D eigenvalue weighted by Gasteiger charge is 2.41. The average molecular weight is 372 g/mol. The van der Waals surface area contributed by atoms with Crippen LogP contribution in [0.2, 0.25) is 0 Å². The summed E-state index contributed by atoms with van der Waals surface area (Å²) in [6.07, 6.45) is -5.52. The van der Waals surface area contributed by atoms with Gasteiger partial charge in [-0.1, -0.05) is 26.0 Å². The first-order valence-corrected chi connectivity index (χ1v) is 7.68. The molecule has 2 atom stereocenters. The molecule has 0 aromatic carbocycles. The molecule has 1 unspecified atom stereocenters. The molecular weight excluding hydrogens is 353 g/mol. The molecule has 142 valence electrons. The molecule has 8 nitrogen and oxygen atoms in total. The third-order valence-electron chi connectivity index (χ3n) is 3.72. The highest BCUT2D eigenvalue weighted by Crippen LogP contribution is 2.44. The Hall–Kier alpha value is -2.72. The van der Waals surface area contributed by atoms with E-state index in [1.54, 1.807) is 0 Å². The zero-order valence-electron chi connectivity index (χ0n) is 14.6. The van der Waals surface area contributed by atoms with Crippen LogP contribution in [-0.2, 0) is 0 Å². The number of amides is 1. The minimum atomic E-state index is -4.59. The Morgan fingerprint density at radius 1 is 1.31 bits per heavy atom. The van der Waals surface area contributed by atoms with Crippen LogP contribution in [0.5, 0.6) is 5.75 Å². The van der Waals surface area contributed by atoms with E-state index in [1.165, 1.54) is 6.07 Å². The van der Waals surface area contributed by atoms with Crippen molar-refractivity contribution in [3.8, 4) is 5.75 Å². The largest absolute Gasteiger partial charge is 0.481 e. The second-order valence-electron chi connectivity index (χ2n) is 6.81. The van der Waals surface area contributed by atoms with Crippen LogP contribution in [0.25, 0.3) is 0 Å². The van der Waals surface area contributed by atoms with E-state index in [1.807, 2.05) is 20.8 Å². The fourth-order valence-corrected chi connectivity index (χ4v) is 2.53. The van der Waals surface area contributed by atoms with E-state index >= 15 is 0 Å². The first-order valence-electron chi connectivity index (χ1n) is 7.68. The lowest BCUT2D eigenvalue weighted by atomic mass is 9.75. The summed E-state index contributed by atoms with van der Waals surface area (Å²) in [6, 6.07) is 1.25. The topological polar surface area (TPSA) is 120 Å². The third kappa shape index (κ3) is 4.09. The SMILES string of the molecule is C[C@H](Oc1ccnc(C(N)=O)c1C(c1nn[nH]n1)C(C)(C)C)C(F)(F)F. The molecule has 1 amide bonds. The van der Waals surface area contributed by atoms with Crippen LogP contribution in [0.4, 0.5) is 13.2 Å². The predicted octanol–water partition coefficient (Wildman–Crippen LogP) is 2.20. The van der Waals surface area contributed by atoms with Gasteiger partial charge in [0.05, 0.1) is 5.92 Å². The maximum atomic E-state index is 13.0. The third-order valence-corrected chi connectivity index (χ3v) is 3.72. The number of hydrogen-bond acceptors (Lipinski definition) is 6. The van der Waals surface area contributed by atoms with Crippen molar-refractivity contribution in [3.63, 3.8) is 0 Å². The molecule has 0 fully saturated rings. The molecule has 0 aliphatic carbocycles. The zero-order chi connectivity index (χ0) is 19.7. The molecule has 0 saturated carbocycles. The number of tetrazole rings is 1. The molecule has 0 saturated heterocycles. The Morgan fingerprint density at radius 3 is 2.42 bits per heavy atom. The Balaban J connectivity index is 2.68. The molecule has 0 aliphatic heterocycles. The van der Waals surface area contributed by atoms with E-state index in [0.717, 1.165) is 13.1 Å². The van der Waals surface area contributed by atoms with E-state index in [4.69, 9.17) is 10.5 Å². The molecule has 2 heterocycles. The van der Waals surface area contributed by atoms with Crippen molar-refractivity contribution in [2.45, 2.75) is 45.9 Å². The van der Waals surface area contributed by atoms with Crippen LogP contribution >= 0.6 is 0 Å². The molecule has 2 aromatic rings. The van der Waals surface area contributed by atoms with Crippen molar-refractivity contribution in [2.24, 2.45) is 11.1 Å². The number of carbonyl (C=O) groups is 1. The standard InChI is InChI=1S/C15H19F3N6O2/c1-7(15(16,17)18)26-8-5-6-20-11(12(19)25)9(8)10(14(2,3)4)13-21-23-24-22-13/h5-7,10H,1-4H3,(H2,19,25)(H,21,22,23,24)/t7-,10?/m0/s1. The Kier molecular flexibility index (Phi) is 5.19. The first kappa shape index (κ1) is 19.6. The number of halogens is 3. The van der Waals surface area contributed by atoms with Gasteiger partial charge in [-0.3, -0.25) is 9.78 Å². The number of H-pyrrole nitrogens is 1. The van der Waals surface area contributed by atoms with Gasteiger partial charge in [0.15, 0.2) is 11.9 Å². The molecule has 11 heteroatoms. The fraction of sp³-hybridized carbons (Fsp3) is 0.533. The summed E-state index contributed by atoms with van der Waals surface area (Å²) in [5, 5.41) is 13.6. The van der Waals surface area contributed by atoms with Gasteiger partial charge >= 0.3 is 6.18 Å². The van der Waals surface area contributed by atoms with Crippen LogP contribution < -0.4 is 10.5 Å². The number of primary amides is 1. The average Bonchev–Trinajstić information content (AvgIpc) is 3.00. The van der Waals surface area contributed by atoms with Crippen LogP contribution in [0.15, 0.2) is 12.3 Å². The van der Waals surface area contributed by atoms with Crippen LogP contribution in [0, 0.1) is 5.41 Å². The first-order chi connectivity index (χ1) is 11.9. The molecule has 0 spiro atoms. The molecule has 3 N–H and O–H groups in total. The smallest absolute Gasteiger partial charge is 0.425 e. The van der Waals surface area contributed by atoms with Gasteiger partial charge < -0.3 is 10.5 Å². The number of aromatic nitrogens is 5. The van der Waals surface area contributed by atoms with Gasteiger partial charge in [0, 0.05) is 11.8 Å². The molecule has 2 aromatic heterocycles. The summed E-state index contributed by atoms with van der Waals surface area (Å²) in [7, 11) is 0. The number of aromatic amines is 1. The second kappa shape index (κ2) is 6.89. The van der Waals surface area contributed by atoms with Crippen LogP contribution in [0.3, 0.4) is 0 Å². The van der Waals surface area contributed by atoms with E-state index in [-0.39, 0.29) is 22.8 Å². The quantitative estimate of drug-likeness (QED) is 0.830. The summed E-state index contributed by atoms with van der Waals surface area (Å²) in [5.74, 6) is -1.63. The number of ether oxygens (including phenoxy) is 1. The van der Waals surface area contributed by atoms with E-state index < -0.39 is 29.5 Å². The Labute approximate surface area is 147 Å². The van der Waals surface area contributed by atoms with Crippen molar-refractivity contribution < 1.29 is 22.7 Å². The summed E-state index contributed by atoms with van der Waals surface area (Å²) in [6.45, 7) is 6.29. The maximum Gasteiger partial charge on any atom is 0.425 e. The Morgan fingerprint density at radius 2 is 1.96 bits per heavy atom. The Bertz CT molecular complexity index is 771. The van der Waals surface area contributed by atoms with Gasteiger partial charge in [-0.25, -0.2) is 0 Å². The molecule has 0 bridgehead atoms. The van der Waals surface area contributed by atoms with Crippen molar-refractivity contribution >= 4 is 5.91 Å². The van der Waals surface area contributed by atoms with Crippen molar-refractivity contribution in [3.05, 3.63) is 29.3 Å². The molecule has 0 radical (unpaired) electrons. The van der Waals surface area contributed by atoms with Gasteiger partial charge in [0.25, 0.3) is 5.91 Å². The van der Waals surface area contributed by atoms with Crippen molar-refractivity contribution in [2.75, 3.05) is 0 Å². The van der Waals surface area contributed by atoms with Gasteiger partial charge in [-0.2, -0.15) is 18.4 Å². The van der Waals surface area contributed by atoms with Gasteiger partial charge in [-0.15, -0.1) is 10.2 Å². The van der Waals surface area contributed by atoms with E-state index in [9.17, 15) is 18.0 Å². The second-order valence-corrected chi connectivity index (χ2v) is 6.81. The highest BCUT2D eigenvalue weighted by atomic mass is 19.4. The molecule has 2 rings (SSSR count). The summed E-state index contributed by atoms with van der Waals surface area (Å²) < 4.78 is 44.0. The number of carbonyl (C=O) groups excluding carboxylic acids is 1. The predicted molar refractivity (Wildman–Crippen MR) is 84.4 cm³/mol. The van der Waals surface area contributed by atoms with Gasteiger partial charge in [-0.05, 0) is 18.4 Å². The molecule has 0 aliphatic rings. The van der Waals surface area contributed by atoms with E-state index in [2.05, 4.69) is 25.6 Å².